The standard InChI is InChI=1S/C15H18BrNO/c16-14-6-3-9-17(15(14)18)13-8-7-11-4-1-2-5-12(11)10-13/h1-2,4-5,13-14H,3,6-10H2. The van der Waals surface area contributed by atoms with Gasteiger partial charge in [0.15, 0.2) is 0 Å². The lowest BCUT2D eigenvalue weighted by Gasteiger charge is -2.39. The second kappa shape index (κ2) is 5.04. The molecule has 2 unspecified atom stereocenters. The summed E-state index contributed by atoms with van der Waals surface area (Å²) < 4.78 is 0. The zero-order valence-electron chi connectivity index (χ0n) is 10.4. The molecule has 1 aromatic carbocycles. The van der Waals surface area contributed by atoms with Crippen LogP contribution in [0, 0.1) is 0 Å². The molecule has 1 saturated heterocycles. The zero-order chi connectivity index (χ0) is 12.5. The van der Waals surface area contributed by atoms with Gasteiger partial charge in [0.2, 0.25) is 5.91 Å². The fourth-order valence-corrected chi connectivity index (χ4v) is 3.75. The molecule has 1 amide bonds. The summed E-state index contributed by atoms with van der Waals surface area (Å²) in [6, 6.07) is 9.05. The lowest BCUT2D eigenvalue weighted by molar-refractivity contribution is -0.135. The predicted molar refractivity (Wildman–Crippen MR) is 75.9 cm³/mol. The van der Waals surface area contributed by atoms with Crippen molar-refractivity contribution in [1.82, 2.24) is 4.90 Å². The highest BCUT2D eigenvalue weighted by Crippen LogP contribution is 2.28. The molecule has 18 heavy (non-hydrogen) atoms. The minimum Gasteiger partial charge on any atom is -0.338 e. The highest BCUT2D eigenvalue weighted by molar-refractivity contribution is 9.10. The third-order valence-corrected chi connectivity index (χ3v) is 5.02. The van der Waals surface area contributed by atoms with E-state index in [1.165, 1.54) is 11.1 Å². The number of hydrogen-bond acceptors (Lipinski definition) is 1. The Morgan fingerprint density at radius 1 is 1.17 bits per heavy atom. The molecule has 1 aliphatic heterocycles. The van der Waals surface area contributed by atoms with E-state index in [9.17, 15) is 4.79 Å². The van der Waals surface area contributed by atoms with Crippen molar-refractivity contribution in [2.75, 3.05) is 6.54 Å². The number of nitrogens with zero attached hydrogens (tertiary/aromatic N) is 1. The Labute approximate surface area is 116 Å². The van der Waals surface area contributed by atoms with E-state index in [0.29, 0.717) is 11.9 Å². The smallest absolute Gasteiger partial charge is 0.236 e. The predicted octanol–water partition coefficient (Wildman–Crippen LogP) is 2.93. The number of amides is 1. The first-order valence-corrected chi connectivity index (χ1v) is 7.68. The summed E-state index contributed by atoms with van der Waals surface area (Å²) >= 11 is 3.50. The number of alkyl halides is 1. The van der Waals surface area contributed by atoms with Crippen LogP contribution in [0.5, 0.6) is 0 Å². The van der Waals surface area contributed by atoms with E-state index in [2.05, 4.69) is 45.1 Å². The van der Waals surface area contributed by atoms with Gasteiger partial charge in [-0.1, -0.05) is 40.2 Å². The van der Waals surface area contributed by atoms with Gasteiger partial charge in [-0.25, -0.2) is 0 Å². The number of likely N-dealkylation sites (tertiary alicyclic amines) is 1. The molecular formula is C15H18BrNO. The molecule has 0 aromatic heterocycles. The molecule has 96 valence electrons. The van der Waals surface area contributed by atoms with E-state index in [0.717, 1.165) is 38.6 Å². The number of aryl methyl sites for hydroxylation is 1. The topological polar surface area (TPSA) is 20.3 Å². The first-order valence-electron chi connectivity index (χ1n) is 6.77. The van der Waals surface area contributed by atoms with Gasteiger partial charge < -0.3 is 4.90 Å². The number of rotatable bonds is 1. The van der Waals surface area contributed by atoms with E-state index in [1.54, 1.807) is 0 Å². The second-order valence-corrected chi connectivity index (χ2v) is 6.41. The van der Waals surface area contributed by atoms with Gasteiger partial charge in [0.1, 0.15) is 0 Å². The number of carbonyl (C=O) groups is 1. The number of benzene rings is 1. The maximum Gasteiger partial charge on any atom is 0.236 e. The normalized spacial score (nSPS) is 28.1. The van der Waals surface area contributed by atoms with Crippen LogP contribution in [-0.4, -0.2) is 28.2 Å². The third kappa shape index (κ3) is 2.20. The Morgan fingerprint density at radius 2 is 1.94 bits per heavy atom. The summed E-state index contributed by atoms with van der Waals surface area (Å²) in [4.78, 5) is 14.4. The van der Waals surface area contributed by atoms with Gasteiger partial charge in [0.05, 0.1) is 4.83 Å². The first-order chi connectivity index (χ1) is 8.75. The Morgan fingerprint density at radius 3 is 2.78 bits per heavy atom. The summed E-state index contributed by atoms with van der Waals surface area (Å²) in [5.74, 6) is 0.297. The van der Waals surface area contributed by atoms with Gasteiger partial charge in [-0.05, 0) is 43.2 Å². The van der Waals surface area contributed by atoms with Crippen molar-refractivity contribution < 1.29 is 4.79 Å². The molecule has 2 nitrogen and oxygen atoms in total. The molecule has 0 saturated carbocycles. The number of fused-ring (bicyclic) bond motifs is 1. The van der Waals surface area contributed by atoms with Gasteiger partial charge in [-0.2, -0.15) is 0 Å². The Bertz CT molecular complexity index is 460. The molecule has 2 atom stereocenters. The van der Waals surface area contributed by atoms with Gasteiger partial charge in [-0.3, -0.25) is 4.79 Å². The zero-order valence-corrected chi connectivity index (χ0v) is 12.0. The van der Waals surface area contributed by atoms with Gasteiger partial charge >= 0.3 is 0 Å². The number of carbonyl (C=O) groups excluding carboxylic acids is 1. The number of hydrogen-bond donors (Lipinski definition) is 0. The van der Waals surface area contributed by atoms with Crippen LogP contribution in [0.2, 0.25) is 0 Å². The van der Waals surface area contributed by atoms with Crippen LogP contribution in [0.1, 0.15) is 30.4 Å². The highest BCUT2D eigenvalue weighted by atomic mass is 79.9. The Kier molecular flexibility index (Phi) is 3.42. The molecule has 0 N–H and O–H groups in total. The maximum absolute atomic E-state index is 12.2. The molecule has 1 heterocycles. The molecule has 2 aliphatic rings. The molecule has 3 rings (SSSR count). The van der Waals surface area contributed by atoms with E-state index in [4.69, 9.17) is 0 Å². The van der Waals surface area contributed by atoms with E-state index in [1.807, 2.05) is 0 Å². The van der Waals surface area contributed by atoms with Crippen LogP contribution in [0.3, 0.4) is 0 Å². The van der Waals surface area contributed by atoms with Crippen molar-refractivity contribution in [1.29, 1.82) is 0 Å². The fraction of sp³-hybridized carbons (Fsp3) is 0.533. The van der Waals surface area contributed by atoms with Crippen molar-refractivity contribution in [3.05, 3.63) is 35.4 Å². The van der Waals surface area contributed by atoms with Crippen LogP contribution >= 0.6 is 15.9 Å². The van der Waals surface area contributed by atoms with E-state index in [-0.39, 0.29) is 4.83 Å². The van der Waals surface area contributed by atoms with Crippen molar-refractivity contribution in [2.45, 2.75) is 43.0 Å². The van der Waals surface area contributed by atoms with Crippen molar-refractivity contribution in [3.8, 4) is 0 Å². The molecule has 0 bridgehead atoms. The lowest BCUT2D eigenvalue weighted by atomic mass is 9.87. The average molecular weight is 308 g/mol. The summed E-state index contributed by atoms with van der Waals surface area (Å²) in [5.41, 5.74) is 2.90. The third-order valence-electron chi connectivity index (χ3n) is 4.17. The van der Waals surface area contributed by atoms with Crippen molar-refractivity contribution in [3.63, 3.8) is 0 Å². The molecule has 0 spiro atoms. The SMILES string of the molecule is O=C1C(Br)CCCN1C1CCc2ccccc2C1. The van der Waals surface area contributed by atoms with Crippen LogP contribution in [0.4, 0.5) is 0 Å². The van der Waals surface area contributed by atoms with Gasteiger partial charge in [-0.15, -0.1) is 0 Å². The monoisotopic (exact) mass is 307 g/mol. The molecule has 3 heteroatoms. The minimum absolute atomic E-state index is 0.0448. The number of halogens is 1. The molecule has 1 fully saturated rings. The quantitative estimate of drug-likeness (QED) is 0.731. The lowest BCUT2D eigenvalue weighted by Crippen LogP contribution is -2.49. The van der Waals surface area contributed by atoms with E-state index >= 15 is 0 Å². The molecule has 1 aromatic rings. The van der Waals surface area contributed by atoms with Crippen molar-refractivity contribution >= 4 is 21.8 Å². The summed E-state index contributed by atoms with van der Waals surface area (Å²) in [6.07, 6.45) is 5.36. The highest BCUT2D eigenvalue weighted by Gasteiger charge is 2.33. The Hall–Kier alpha value is -0.830. The fourth-order valence-electron chi connectivity index (χ4n) is 3.16. The minimum atomic E-state index is 0.0448. The first kappa shape index (κ1) is 12.2. The maximum atomic E-state index is 12.2. The Balaban J connectivity index is 1.77. The number of piperidine rings is 1. The average Bonchev–Trinajstić information content (AvgIpc) is 2.41. The molecule has 0 radical (unpaired) electrons. The summed E-state index contributed by atoms with van der Waals surface area (Å²) in [7, 11) is 0. The largest absolute Gasteiger partial charge is 0.338 e. The summed E-state index contributed by atoms with van der Waals surface area (Å²) in [6.45, 7) is 0.938. The van der Waals surface area contributed by atoms with Crippen LogP contribution in [0.15, 0.2) is 24.3 Å². The van der Waals surface area contributed by atoms with Gasteiger partial charge in [0, 0.05) is 12.6 Å². The molecular weight excluding hydrogens is 290 g/mol. The van der Waals surface area contributed by atoms with Crippen LogP contribution < -0.4 is 0 Å². The van der Waals surface area contributed by atoms with Crippen molar-refractivity contribution in [2.24, 2.45) is 0 Å². The van der Waals surface area contributed by atoms with Crippen LogP contribution in [-0.2, 0) is 17.6 Å². The second-order valence-electron chi connectivity index (χ2n) is 5.31. The van der Waals surface area contributed by atoms with Gasteiger partial charge in [0.25, 0.3) is 0 Å². The van der Waals surface area contributed by atoms with Crippen LogP contribution in [0.25, 0.3) is 0 Å². The summed E-state index contributed by atoms with van der Waals surface area (Å²) in [5, 5.41) is 0. The molecule has 1 aliphatic carbocycles. The van der Waals surface area contributed by atoms with E-state index < -0.39 is 0 Å².